The standard InChI is InChI=1S/C2H6O2Si/c3-2(4)1-5/h1H2,5H3,(H,3,4). The second kappa shape index (κ2) is 1.96. The molecule has 0 aliphatic rings. The highest BCUT2D eigenvalue weighted by molar-refractivity contribution is 6.18. The number of carbonyl (C=O) groups is 1. The molecule has 0 saturated carbocycles. The molecule has 0 aliphatic heterocycles. The fourth-order valence-corrected chi connectivity index (χ4v) is 0. The molecule has 0 fully saturated rings. The Labute approximate surface area is 33.2 Å². The SMILES string of the molecule is O=C(O)C[SiH3]. The number of carboxylic acids is 1. The predicted octanol–water partition coefficient (Wildman–Crippen LogP) is -1.15. The van der Waals surface area contributed by atoms with Crippen molar-refractivity contribution in [3.05, 3.63) is 0 Å². The van der Waals surface area contributed by atoms with Crippen LogP contribution in [0.4, 0.5) is 0 Å². The van der Waals surface area contributed by atoms with Crippen LogP contribution < -0.4 is 0 Å². The average molecular weight is 90.2 g/mol. The Hall–Kier alpha value is -0.313. The largest absolute Gasteiger partial charge is 0.481 e. The molecule has 0 spiro atoms. The molecule has 0 saturated heterocycles. The van der Waals surface area contributed by atoms with E-state index in [1.54, 1.807) is 0 Å². The van der Waals surface area contributed by atoms with E-state index >= 15 is 0 Å². The first kappa shape index (κ1) is 4.69. The Morgan fingerprint density at radius 2 is 2.20 bits per heavy atom. The molecule has 0 atom stereocenters. The Morgan fingerprint density at radius 1 is 2.00 bits per heavy atom. The van der Waals surface area contributed by atoms with Crippen molar-refractivity contribution < 1.29 is 9.90 Å². The molecule has 30 valence electrons. The van der Waals surface area contributed by atoms with Gasteiger partial charge in [0, 0.05) is 16.3 Å². The topological polar surface area (TPSA) is 37.3 Å². The minimum absolute atomic E-state index is 0.361. The van der Waals surface area contributed by atoms with Gasteiger partial charge in [0.15, 0.2) is 0 Å². The van der Waals surface area contributed by atoms with Crippen LogP contribution in [0.2, 0.25) is 6.04 Å². The third-order valence-corrected chi connectivity index (χ3v) is 0.907. The number of hydrogen-bond donors (Lipinski definition) is 1. The molecule has 0 aromatic heterocycles. The number of rotatable bonds is 1. The first-order chi connectivity index (χ1) is 2.27. The summed E-state index contributed by atoms with van der Waals surface area (Å²) >= 11 is 0. The summed E-state index contributed by atoms with van der Waals surface area (Å²) in [5.41, 5.74) is 0. The van der Waals surface area contributed by atoms with Crippen molar-refractivity contribution >= 4 is 16.2 Å². The van der Waals surface area contributed by atoms with Gasteiger partial charge in [0.25, 0.3) is 5.97 Å². The summed E-state index contributed by atoms with van der Waals surface area (Å²) in [7, 11) is 0.774. The van der Waals surface area contributed by atoms with Gasteiger partial charge in [0.2, 0.25) is 0 Å². The second-order valence-electron chi connectivity index (χ2n) is 0.747. The normalized spacial score (nSPS) is 8.00. The lowest BCUT2D eigenvalue weighted by atomic mass is 10.8. The number of hydrogen-bond acceptors (Lipinski definition) is 1. The van der Waals surface area contributed by atoms with E-state index in [1.165, 1.54) is 0 Å². The zero-order valence-electron chi connectivity index (χ0n) is 3.06. The Bertz CT molecular complexity index is 42.9. The van der Waals surface area contributed by atoms with Gasteiger partial charge in [0.05, 0.1) is 0 Å². The summed E-state index contributed by atoms with van der Waals surface area (Å²) in [6.07, 6.45) is 0. The van der Waals surface area contributed by atoms with Crippen molar-refractivity contribution in [1.82, 2.24) is 0 Å². The minimum Gasteiger partial charge on any atom is -0.481 e. The molecule has 5 heavy (non-hydrogen) atoms. The summed E-state index contributed by atoms with van der Waals surface area (Å²) < 4.78 is 0. The van der Waals surface area contributed by atoms with Crippen molar-refractivity contribution in [2.75, 3.05) is 0 Å². The van der Waals surface area contributed by atoms with Gasteiger partial charge in [-0.1, -0.05) is 0 Å². The van der Waals surface area contributed by atoms with Crippen LogP contribution in [0.1, 0.15) is 0 Å². The van der Waals surface area contributed by atoms with Gasteiger partial charge in [-0.3, -0.25) is 4.79 Å². The first-order valence-electron chi connectivity index (χ1n) is 1.49. The van der Waals surface area contributed by atoms with Gasteiger partial charge >= 0.3 is 0 Å². The molecule has 0 rings (SSSR count). The molecule has 1 N–H and O–H groups in total. The van der Waals surface area contributed by atoms with Crippen LogP contribution in [0.15, 0.2) is 0 Å². The van der Waals surface area contributed by atoms with Gasteiger partial charge in [-0.25, -0.2) is 0 Å². The molecule has 0 radical (unpaired) electrons. The third-order valence-electron chi connectivity index (χ3n) is 0.302. The molecule has 0 aromatic carbocycles. The van der Waals surface area contributed by atoms with E-state index in [0.29, 0.717) is 6.04 Å². The highest BCUT2D eigenvalue weighted by atomic mass is 28.1. The lowest BCUT2D eigenvalue weighted by Crippen LogP contribution is -1.89. The smallest absolute Gasteiger partial charge is 0.299 e. The molecular formula is C2H6O2Si. The summed E-state index contributed by atoms with van der Waals surface area (Å²) in [6, 6.07) is 0.361. The fourth-order valence-electron chi connectivity index (χ4n) is 0. The van der Waals surface area contributed by atoms with Gasteiger partial charge in [-0.05, 0) is 0 Å². The summed E-state index contributed by atoms with van der Waals surface area (Å²) in [5, 5.41) is 7.76. The van der Waals surface area contributed by atoms with Crippen LogP contribution in [0.25, 0.3) is 0 Å². The van der Waals surface area contributed by atoms with Crippen molar-refractivity contribution in [1.29, 1.82) is 0 Å². The maximum atomic E-state index is 9.40. The van der Waals surface area contributed by atoms with Crippen LogP contribution >= 0.6 is 0 Å². The molecule has 0 aromatic rings. The summed E-state index contributed by atoms with van der Waals surface area (Å²) in [6.45, 7) is 0. The molecule has 3 heteroatoms. The Balaban J connectivity index is 2.85. The van der Waals surface area contributed by atoms with Gasteiger partial charge in [-0.15, -0.1) is 0 Å². The van der Waals surface area contributed by atoms with Gasteiger partial charge < -0.3 is 5.11 Å². The molecule has 0 aliphatic carbocycles. The Morgan fingerprint density at radius 3 is 2.20 bits per heavy atom. The zero-order valence-corrected chi connectivity index (χ0v) is 5.06. The molecule has 0 amide bonds. The van der Waals surface area contributed by atoms with E-state index < -0.39 is 5.97 Å². The van der Waals surface area contributed by atoms with Crippen molar-refractivity contribution in [2.24, 2.45) is 0 Å². The van der Waals surface area contributed by atoms with Crippen LogP contribution in [0.3, 0.4) is 0 Å². The van der Waals surface area contributed by atoms with Crippen molar-refractivity contribution in [3.8, 4) is 0 Å². The first-order valence-corrected chi connectivity index (χ1v) is 2.90. The monoisotopic (exact) mass is 90.0 g/mol. The molecule has 0 bridgehead atoms. The van der Waals surface area contributed by atoms with Crippen LogP contribution in [-0.2, 0) is 4.79 Å². The molecule has 2 nitrogen and oxygen atoms in total. The zero-order chi connectivity index (χ0) is 4.28. The lowest BCUT2D eigenvalue weighted by Gasteiger charge is -1.71. The maximum Gasteiger partial charge on any atom is 0.299 e. The van der Waals surface area contributed by atoms with E-state index in [4.69, 9.17) is 5.11 Å². The Kier molecular flexibility index (Phi) is 1.84. The number of carboxylic acid groups (broad SMARTS) is 1. The van der Waals surface area contributed by atoms with E-state index in [-0.39, 0.29) is 0 Å². The van der Waals surface area contributed by atoms with Crippen LogP contribution in [-0.4, -0.2) is 21.3 Å². The molecule has 0 heterocycles. The van der Waals surface area contributed by atoms with Crippen molar-refractivity contribution in [3.63, 3.8) is 0 Å². The van der Waals surface area contributed by atoms with Crippen LogP contribution in [0.5, 0.6) is 0 Å². The third kappa shape index (κ3) is 3.69. The fraction of sp³-hybridized carbons (Fsp3) is 0.500. The second-order valence-corrected chi connectivity index (χ2v) is 1.45. The van der Waals surface area contributed by atoms with Crippen LogP contribution in [0, 0.1) is 0 Å². The summed E-state index contributed by atoms with van der Waals surface area (Å²) in [5.74, 6) is -0.684. The highest BCUT2D eigenvalue weighted by Crippen LogP contribution is 1.63. The number of aliphatic carboxylic acids is 1. The van der Waals surface area contributed by atoms with Crippen molar-refractivity contribution in [2.45, 2.75) is 6.04 Å². The molecule has 0 unspecified atom stereocenters. The van der Waals surface area contributed by atoms with Gasteiger partial charge in [-0.2, -0.15) is 0 Å². The average Bonchev–Trinajstić information content (AvgIpc) is 1.38. The van der Waals surface area contributed by atoms with Gasteiger partial charge in [0.1, 0.15) is 0 Å². The predicted molar refractivity (Wildman–Crippen MR) is 22.4 cm³/mol. The molecular weight excluding hydrogens is 84.1 g/mol. The van der Waals surface area contributed by atoms with E-state index in [1.807, 2.05) is 0 Å². The maximum absolute atomic E-state index is 9.40. The van der Waals surface area contributed by atoms with E-state index in [9.17, 15) is 4.79 Å². The summed E-state index contributed by atoms with van der Waals surface area (Å²) in [4.78, 5) is 9.40. The lowest BCUT2D eigenvalue weighted by molar-refractivity contribution is -0.134. The van der Waals surface area contributed by atoms with E-state index in [0.717, 1.165) is 10.2 Å². The minimum atomic E-state index is -0.684. The quantitative estimate of drug-likeness (QED) is 0.413. The van der Waals surface area contributed by atoms with E-state index in [2.05, 4.69) is 0 Å². The highest BCUT2D eigenvalue weighted by Gasteiger charge is 1.81.